The summed E-state index contributed by atoms with van der Waals surface area (Å²) in [5.41, 5.74) is 3.24. The topological polar surface area (TPSA) is 20.3 Å². The van der Waals surface area contributed by atoms with Crippen LogP contribution in [0.1, 0.15) is 26.3 Å². The van der Waals surface area contributed by atoms with E-state index in [4.69, 9.17) is 11.6 Å². The van der Waals surface area contributed by atoms with Crippen molar-refractivity contribution in [2.75, 3.05) is 11.9 Å². The van der Waals surface area contributed by atoms with Gasteiger partial charge < -0.3 is 4.90 Å². The maximum atomic E-state index is 11.8. The average molecular weight is 264 g/mol. The standard InChI is InChI=1S/C15H18ClNO/c1-10(16)13(18)9-14-15(2,3)11-7-5-6-8-12(11)17(14)4/h5-10H,1-4H3/b14-9-/t10-/m0/s1. The zero-order valence-corrected chi connectivity index (χ0v) is 12.0. The molecular formula is C15H18ClNO. The molecule has 0 saturated carbocycles. The smallest absolute Gasteiger partial charge is 0.174 e. The number of halogens is 1. The molecule has 0 saturated heterocycles. The molecule has 96 valence electrons. The van der Waals surface area contributed by atoms with E-state index in [0.29, 0.717) is 0 Å². The van der Waals surface area contributed by atoms with E-state index in [2.05, 4.69) is 30.9 Å². The van der Waals surface area contributed by atoms with Crippen LogP contribution in [0.5, 0.6) is 0 Å². The fraction of sp³-hybridized carbons (Fsp3) is 0.400. The van der Waals surface area contributed by atoms with Gasteiger partial charge in [-0.05, 0) is 18.6 Å². The number of rotatable bonds is 2. The third-order valence-electron chi connectivity index (χ3n) is 3.61. The highest BCUT2D eigenvalue weighted by atomic mass is 35.5. The molecule has 0 fully saturated rings. The molecule has 0 aliphatic carbocycles. The van der Waals surface area contributed by atoms with E-state index in [1.54, 1.807) is 13.0 Å². The van der Waals surface area contributed by atoms with Crippen molar-refractivity contribution in [3.05, 3.63) is 41.6 Å². The monoisotopic (exact) mass is 263 g/mol. The normalized spacial score (nSPS) is 20.9. The number of hydrogen-bond acceptors (Lipinski definition) is 2. The molecule has 2 rings (SSSR count). The van der Waals surface area contributed by atoms with Crippen LogP contribution >= 0.6 is 11.6 Å². The van der Waals surface area contributed by atoms with Crippen molar-refractivity contribution >= 4 is 23.1 Å². The van der Waals surface area contributed by atoms with E-state index in [1.807, 2.05) is 19.2 Å². The Morgan fingerprint density at radius 3 is 2.56 bits per heavy atom. The number of anilines is 1. The number of allylic oxidation sites excluding steroid dienone is 2. The first-order valence-corrected chi connectivity index (χ1v) is 6.52. The van der Waals surface area contributed by atoms with Gasteiger partial charge in [0.05, 0.1) is 5.38 Å². The fourth-order valence-electron chi connectivity index (χ4n) is 2.51. The number of hydrogen-bond donors (Lipinski definition) is 0. The second-order valence-corrected chi connectivity index (χ2v) is 5.90. The van der Waals surface area contributed by atoms with Crippen LogP contribution < -0.4 is 4.90 Å². The Kier molecular flexibility index (Phi) is 3.24. The number of para-hydroxylation sites is 1. The lowest BCUT2D eigenvalue weighted by Crippen LogP contribution is -2.25. The second-order valence-electron chi connectivity index (χ2n) is 5.25. The minimum atomic E-state index is -0.481. The minimum absolute atomic E-state index is 0.0422. The van der Waals surface area contributed by atoms with Crippen LogP contribution in [-0.4, -0.2) is 18.2 Å². The van der Waals surface area contributed by atoms with Gasteiger partial charge in [0.25, 0.3) is 0 Å². The van der Waals surface area contributed by atoms with Crippen molar-refractivity contribution in [1.29, 1.82) is 0 Å². The number of fused-ring (bicyclic) bond motifs is 1. The number of alkyl halides is 1. The molecule has 0 bridgehead atoms. The summed E-state index contributed by atoms with van der Waals surface area (Å²) in [5.74, 6) is -0.0422. The molecule has 0 spiro atoms. The highest BCUT2D eigenvalue weighted by molar-refractivity contribution is 6.32. The molecule has 0 amide bonds. The highest BCUT2D eigenvalue weighted by Gasteiger charge is 2.38. The van der Waals surface area contributed by atoms with E-state index in [1.165, 1.54) is 5.56 Å². The van der Waals surface area contributed by atoms with Crippen molar-refractivity contribution in [2.24, 2.45) is 0 Å². The Morgan fingerprint density at radius 1 is 1.39 bits per heavy atom. The maximum Gasteiger partial charge on any atom is 0.174 e. The molecule has 0 N–H and O–H groups in total. The van der Waals surface area contributed by atoms with Gasteiger partial charge in [0.15, 0.2) is 5.78 Å². The average Bonchev–Trinajstić information content (AvgIpc) is 2.51. The van der Waals surface area contributed by atoms with Gasteiger partial charge in [-0.3, -0.25) is 4.79 Å². The van der Waals surface area contributed by atoms with E-state index >= 15 is 0 Å². The molecule has 2 nitrogen and oxygen atoms in total. The second kappa shape index (κ2) is 4.43. The third-order valence-corrected chi connectivity index (χ3v) is 3.83. The summed E-state index contributed by atoms with van der Waals surface area (Å²) in [5, 5.41) is -0.481. The number of carbonyl (C=O) groups is 1. The number of nitrogens with zero attached hydrogens (tertiary/aromatic N) is 1. The molecule has 1 aromatic carbocycles. The Morgan fingerprint density at radius 2 is 2.00 bits per heavy atom. The van der Waals surface area contributed by atoms with Crippen molar-refractivity contribution < 1.29 is 4.79 Å². The van der Waals surface area contributed by atoms with Crippen LogP contribution in [0.15, 0.2) is 36.0 Å². The van der Waals surface area contributed by atoms with Gasteiger partial charge in [0.1, 0.15) is 0 Å². The molecule has 0 radical (unpaired) electrons. The van der Waals surface area contributed by atoms with Crippen LogP contribution in [-0.2, 0) is 10.2 Å². The highest BCUT2D eigenvalue weighted by Crippen LogP contribution is 2.46. The Labute approximate surface area is 113 Å². The first-order valence-electron chi connectivity index (χ1n) is 6.09. The lowest BCUT2D eigenvalue weighted by Gasteiger charge is -2.24. The minimum Gasteiger partial charge on any atom is -0.347 e. The summed E-state index contributed by atoms with van der Waals surface area (Å²) in [7, 11) is 1.99. The summed E-state index contributed by atoms with van der Waals surface area (Å²) in [6.45, 7) is 5.97. The summed E-state index contributed by atoms with van der Waals surface area (Å²) in [6.07, 6.45) is 1.68. The molecule has 1 heterocycles. The lowest BCUT2D eigenvalue weighted by molar-refractivity contribution is -0.114. The number of benzene rings is 1. The molecule has 0 unspecified atom stereocenters. The fourth-order valence-corrected chi connectivity index (χ4v) is 2.57. The summed E-state index contributed by atoms with van der Waals surface area (Å²) in [4.78, 5) is 13.9. The molecular weight excluding hydrogens is 246 g/mol. The van der Waals surface area contributed by atoms with Crippen molar-refractivity contribution in [2.45, 2.75) is 31.6 Å². The van der Waals surface area contributed by atoms with Gasteiger partial charge in [0.2, 0.25) is 0 Å². The van der Waals surface area contributed by atoms with Gasteiger partial charge in [-0.15, -0.1) is 11.6 Å². The number of likely N-dealkylation sites (N-methyl/N-ethyl adjacent to an activating group) is 1. The van der Waals surface area contributed by atoms with Gasteiger partial charge in [-0.25, -0.2) is 0 Å². The Balaban J connectivity index is 2.51. The molecule has 3 heteroatoms. The molecule has 0 aromatic heterocycles. The molecule has 1 aliphatic rings. The predicted octanol–water partition coefficient (Wildman–Crippen LogP) is 3.49. The third kappa shape index (κ3) is 1.95. The van der Waals surface area contributed by atoms with Crippen LogP contribution in [0.25, 0.3) is 0 Å². The number of carbonyl (C=O) groups excluding carboxylic acids is 1. The lowest BCUT2D eigenvalue weighted by atomic mass is 9.83. The zero-order valence-electron chi connectivity index (χ0n) is 11.2. The summed E-state index contributed by atoms with van der Waals surface area (Å²) >= 11 is 5.85. The van der Waals surface area contributed by atoms with E-state index in [-0.39, 0.29) is 11.2 Å². The Bertz CT molecular complexity index is 517. The van der Waals surface area contributed by atoms with Crippen LogP contribution in [0.2, 0.25) is 0 Å². The SMILES string of the molecule is C[C@H](Cl)C(=O)/C=C1\N(C)c2ccccc2C1(C)C. The molecule has 18 heavy (non-hydrogen) atoms. The van der Waals surface area contributed by atoms with Crippen molar-refractivity contribution in [3.8, 4) is 0 Å². The zero-order chi connectivity index (χ0) is 13.5. The quantitative estimate of drug-likeness (QED) is 0.601. The Hall–Kier alpha value is -1.28. The van der Waals surface area contributed by atoms with Gasteiger partial charge in [-0.1, -0.05) is 32.0 Å². The summed E-state index contributed by atoms with van der Waals surface area (Å²) in [6, 6.07) is 8.23. The first-order chi connectivity index (χ1) is 8.35. The number of ketones is 1. The van der Waals surface area contributed by atoms with Crippen LogP contribution in [0.4, 0.5) is 5.69 Å². The van der Waals surface area contributed by atoms with E-state index in [9.17, 15) is 4.79 Å². The van der Waals surface area contributed by atoms with Crippen LogP contribution in [0, 0.1) is 0 Å². The van der Waals surface area contributed by atoms with Gasteiger partial charge in [0, 0.05) is 29.9 Å². The predicted molar refractivity (Wildman–Crippen MR) is 76.3 cm³/mol. The van der Waals surface area contributed by atoms with Gasteiger partial charge in [-0.2, -0.15) is 0 Å². The molecule has 1 aliphatic heterocycles. The van der Waals surface area contributed by atoms with Crippen molar-refractivity contribution in [3.63, 3.8) is 0 Å². The maximum absolute atomic E-state index is 11.8. The first kappa shape index (κ1) is 13.2. The summed E-state index contributed by atoms with van der Waals surface area (Å²) < 4.78 is 0. The van der Waals surface area contributed by atoms with Gasteiger partial charge >= 0.3 is 0 Å². The molecule has 1 atom stereocenters. The van der Waals surface area contributed by atoms with E-state index in [0.717, 1.165) is 11.4 Å². The van der Waals surface area contributed by atoms with E-state index < -0.39 is 5.38 Å². The largest absolute Gasteiger partial charge is 0.347 e. The van der Waals surface area contributed by atoms with Crippen molar-refractivity contribution in [1.82, 2.24) is 0 Å². The molecule has 1 aromatic rings. The van der Waals surface area contributed by atoms with Crippen LogP contribution in [0.3, 0.4) is 0 Å².